The van der Waals surface area contributed by atoms with E-state index in [0.29, 0.717) is 34.8 Å². The van der Waals surface area contributed by atoms with Gasteiger partial charge in [0.2, 0.25) is 5.91 Å². The Labute approximate surface area is 174 Å². The molecule has 0 spiro atoms. The van der Waals surface area contributed by atoms with Crippen LogP contribution in [0.5, 0.6) is 0 Å². The third-order valence-corrected chi connectivity index (χ3v) is 5.07. The van der Waals surface area contributed by atoms with Gasteiger partial charge in [-0.1, -0.05) is 23.7 Å². The molecule has 3 rings (SSSR count). The first kappa shape index (κ1) is 20.6. The van der Waals surface area contributed by atoms with Crippen molar-refractivity contribution in [2.24, 2.45) is 7.05 Å². The molecule has 0 fully saturated rings. The molecule has 3 aromatic rings. The molecule has 0 aliphatic carbocycles. The summed E-state index contributed by atoms with van der Waals surface area (Å²) in [6, 6.07) is 13.7. The van der Waals surface area contributed by atoms with Gasteiger partial charge in [0, 0.05) is 29.7 Å². The second kappa shape index (κ2) is 8.92. The van der Waals surface area contributed by atoms with Crippen LogP contribution in [0.15, 0.2) is 48.5 Å². The summed E-state index contributed by atoms with van der Waals surface area (Å²) in [5, 5.41) is 10.7. The van der Waals surface area contributed by atoms with Crippen molar-refractivity contribution in [1.29, 1.82) is 0 Å². The summed E-state index contributed by atoms with van der Waals surface area (Å²) in [6.45, 7) is 3.94. The molecule has 7 heteroatoms. The van der Waals surface area contributed by atoms with E-state index in [2.05, 4.69) is 15.7 Å². The zero-order chi connectivity index (χ0) is 21.0. The molecule has 1 heterocycles. The molecule has 1 aromatic heterocycles. The van der Waals surface area contributed by atoms with Crippen LogP contribution >= 0.6 is 11.6 Å². The topological polar surface area (TPSA) is 76.0 Å². The second-order valence-corrected chi connectivity index (χ2v) is 7.26. The van der Waals surface area contributed by atoms with E-state index in [1.54, 1.807) is 42.5 Å². The number of hydrogen-bond acceptors (Lipinski definition) is 3. The van der Waals surface area contributed by atoms with E-state index < -0.39 is 0 Å². The minimum absolute atomic E-state index is 0.124. The first-order valence-electron chi connectivity index (χ1n) is 9.30. The molecule has 0 atom stereocenters. The number of rotatable bonds is 6. The standard InChI is InChI=1S/C22H23ClN4O2/c1-14-18(15(2)27(3)26-14)12-13-21(28)24-19-6-4-5-7-20(19)25-22(29)16-8-10-17(23)11-9-16/h4-11H,12-13H2,1-3H3,(H,24,28)(H,25,29). The number of carbonyl (C=O) groups excluding carboxylic acids is 2. The van der Waals surface area contributed by atoms with E-state index in [-0.39, 0.29) is 11.8 Å². The molecule has 0 aliphatic heterocycles. The number of benzene rings is 2. The van der Waals surface area contributed by atoms with Crippen LogP contribution in [-0.2, 0) is 18.3 Å². The lowest BCUT2D eigenvalue weighted by molar-refractivity contribution is -0.116. The zero-order valence-corrected chi connectivity index (χ0v) is 17.4. The van der Waals surface area contributed by atoms with Crippen LogP contribution in [0.2, 0.25) is 5.02 Å². The fraction of sp³-hybridized carbons (Fsp3) is 0.227. The number of para-hydroxylation sites is 2. The maximum atomic E-state index is 12.5. The number of nitrogens with one attached hydrogen (secondary N) is 2. The monoisotopic (exact) mass is 410 g/mol. The summed E-state index contributed by atoms with van der Waals surface area (Å²) in [5.41, 5.74) is 4.67. The number of hydrogen-bond donors (Lipinski definition) is 2. The van der Waals surface area contributed by atoms with Gasteiger partial charge in [0.05, 0.1) is 17.1 Å². The lowest BCUT2D eigenvalue weighted by Gasteiger charge is -2.12. The first-order valence-corrected chi connectivity index (χ1v) is 9.68. The number of aromatic nitrogens is 2. The number of amides is 2. The molecule has 0 saturated heterocycles. The van der Waals surface area contributed by atoms with E-state index in [0.717, 1.165) is 17.0 Å². The minimum Gasteiger partial charge on any atom is -0.324 e. The Balaban J connectivity index is 1.66. The Kier molecular flexibility index (Phi) is 6.34. The van der Waals surface area contributed by atoms with Crippen molar-refractivity contribution in [2.45, 2.75) is 26.7 Å². The van der Waals surface area contributed by atoms with E-state index >= 15 is 0 Å². The summed E-state index contributed by atoms with van der Waals surface area (Å²) in [6.07, 6.45) is 0.934. The van der Waals surface area contributed by atoms with Gasteiger partial charge in [0.1, 0.15) is 0 Å². The van der Waals surface area contributed by atoms with Crippen LogP contribution in [-0.4, -0.2) is 21.6 Å². The molecule has 2 N–H and O–H groups in total. The Morgan fingerprint density at radius 1 is 1.00 bits per heavy atom. The third kappa shape index (κ3) is 5.03. The molecule has 0 saturated carbocycles. The molecule has 0 unspecified atom stereocenters. The van der Waals surface area contributed by atoms with E-state index in [9.17, 15) is 9.59 Å². The van der Waals surface area contributed by atoms with Gasteiger partial charge in [-0.25, -0.2) is 0 Å². The largest absolute Gasteiger partial charge is 0.324 e. The SMILES string of the molecule is Cc1nn(C)c(C)c1CCC(=O)Nc1ccccc1NC(=O)c1ccc(Cl)cc1. The number of aryl methyl sites for hydroxylation is 2. The van der Waals surface area contributed by atoms with Crippen molar-refractivity contribution in [1.82, 2.24) is 9.78 Å². The summed E-state index contributed by atoms with van der Waals surface area (Å²) in [4.78, 5) is 25.0. The maximum Gasteiger partial charge on any atom is 0.255 e. The van der Waals surface area contributed by atoms with Crippen molar-refractivity contribution in [2.75, 3.05) is 10.6 Å². The van der Waals surface area contributed by atoms with Crippen LogP contribution < -0.4 is 10.6 Å². The van der Waals surface area contributed by atoms with Crippen molar-refractivity contribution in [3.8, 4) is 0 Å². The summed E-state index contributed by atoms with van der Waals surface area (Å²) in [5.74, 6) is -0.397. The summed E-state index contributed by atoms with van der Waals surface area (Å²) in [7, 11) is 1.89. The average molecular weight is 411 g/mol. The van der Waals surface area contributed by atoms with E-state index in [1.807, 2.05) is 31.6 Å². The molecule has 6 nitrogen and oxygen atoms in total. The highest BCUT2D eigenvalue weighted by atomic mass is 35.5. The van der Waals surface area contributed by atoms with Crippen molar-refractivity contribution in [3.05, 3.63) is 76.1 Å². The molecule has 150 valence electrons. The number of halogens is 1. The molecular formula is C22H23ClN4O2. The quantitative estimate of drug-likeness (QED) is 0.627. The molecule has 29 heavy (non-hydrogen) atoms. The predicted octanol–water partition coefficient (Wildman–Crippen LogP) is 4.51. The normalized spacial score (nSPS) is 10.6. The third-order valence-electron chi connectivity index (χ3n) is 4.82. The molecule has 0 aliphatic rings. The Morgan fingerprint density at radius 2 is 1.62 bits per heavy atom. The molecule has 2 amide bonds. The molecule has 2 aromatic carbocycles. The Morgan fingerprint density at radius 3 is 2.21 bits per heavy atom. The van der Waals surface area contributed by atoms with Gasteiger partial charge in [-0.05, 0) is 62.2 Å². The highest BCUT2D eigenvalue weighted by Crippen LogP contribution is 2.23. The highest BCUT2D eigenvalue weighted by molar-refractivity contribution is 6.30. The zero-order valence-electron chi connectivity index (χ0n) is 16.6. The molecule has 0 bridgehead atoms. The fourth-order valence-corrected chi connectivity index (χ4v) is 3.25. The van der Waals surface area contributed by atoms with E-state index in [4.69, 9.17) is 11.6 Å². The lowest BCUT2D eigenvalue weighted by Crippen LogP contribution is -2.17. The predicted molar refractivity (Wildman–Crippen MR) is 115 cm³/mol. The number of carbonyl (C=O) groups is 2. The first-order chi connectivity index (χ1) is 13.8. The maximum absolute atomic E-state index is 12.5. The van der Waals surface area contributed by atoms with Crippen LogP contribution in [0.25, 0.3) is 0 Å². The van der Waals surface area contributed by atoms with Crippen LogP contribution in [0.1, 0.15) is 33.7 Å². The average Bonchev–Trinajstić information content (AvgIpc) is 2.93. The van der Waals surface area contributed by atoms with Gasteiger partial charge in [0.25, 0.3) is 5.91 Å². The second-order valence-electron chi connectivity index (χ2n) is 6.83. The van der Waals surface area contributed by atoms with Crippen molar-refractivity contribution in [3.63, 3.8) is 0 Å². The Bertz CT molecular complexity index is 1040. The summed E-state index contributed by atoms with van der Waals surface area (Å²) >= 11 is 5.87. The van der Waals surface area contributed by atoms with Gasteiger partial charge in [-0.2, -0.15) is 5.10 Å². The smallest absolute Gasteiger partial charge is 0.255 e. The molecule has 0 radical (unpaired) electrons. The Hall–Kier alpha value is -3.12. The van der Waals surface area contributed by atoms with Crippen molar-refractivity contribution < 1.29 is 9.59 Å². The van der Waals surface area contributed by atoms with Gasteiger partial charge < -0.3 is 10.6 Å². The highest BCUT2D eigenvalue weighted by Gasteiger charge is 2.14. The van der Waals surface area contributed by atoms with Crippen molar-refractivity contribution >= 4 is 34.8 Å². The van der Waals surface area contributed by atoms with Crippen LogP contribution in [0.3, 0.4) is 0 Å². The van der Waals surface area contributed by atoms with Crippen LogP contribution in [0, 0.1) is 13.8 Å². The van der Waals surface area contributed by atoms with Gasteiger partial charge in [-0.3, -0.25) is 14.3 Å². The van der Waals surface area contributed by atoms with Crippen LogP contribution in [0.4, 0.5) is 11.4 Å². The fourth-order valence-electron chi connectivity index (χ4n) is 3.13. The molecular weight excluding hydrogens is 388 g/mol. The van der Waals surface area contributed by atoms with E-state index in [1.165, 1.54) is 0 Å². The summed E-state index contributed by atoms with van der Waals surface area (Å²) < 4.78 is 1.82. The minimum atomic E-state index is -0.273. The number of anilines is 2. The van der Waals surface area contributed by atoms with Gasteiger partial charge in [-0.15, -0.1) is 0 Å². The lowest BCUT2D eigenvalue weighted by atomic mass is 10.1. The van der Waals surface area contributed by atoms with Gasteiger partial charge in [0.15, 0.2) is 0 Å². The number of nitrogens with zero attached hydrogens (tertiary/aromatic N) is 2. The van der Waals surface area contributed by atoms with Gasteiger partial charge >= 0.3 is 0 Å².